The molecule has 0 amide bonds. The van der Waals surface area contributed by atoms with E-state index in [4.69, 9.17) is 0 Å². The summed E-state index contributed by atoms with van der Waals surface area (Å²) in [7, 11) is 0. The van der Waals surface area contributed by atoms with Crippen molar-refractivity contribution >= 4 is 43.7 Å². The Bertz CT molecular complexity index is 1840. The van der Waals surface area contributed by atoms with Gasteiger partial charge in [0.2, 0.25) is 0 Å². The number of fused-ring (bicyclic) bond motifs is 3. The molecule has 0 aliphatic carbocycles. The number of thiophene rings is 1. The normalized spacial score (nSPS) is 11.4. The van der Waals surface area contributed by atoms with Crippen LogP contribution in [0.15, 0.2) is 133 Å². The van der Waals surface area contributed by atoms with Crippen LogP contribution in [0, 0.1) is 0 Å². The Balaban J connectivity index is 1.52. The molecule has 0 aliphatic heterocycles. The van der Waals surface area contributed by atoms with Gasteiger partial charge in [0, 0.05) is 31.7 Å². The minimum Gasteiger partial charge on any atom is -0.134 e. The van der Waals surface area contributed by atoms with Gasteiger partial charge in [-0.25, -0.2) is 0 Å². The van der Waals surface area contributed by atoms with Crippen molar-refractivity contribution in [3.63, 3.8) is 0 Å². The van der Waals surface area contributed by atoms with Crippen LogP contribution >= 0.6 is 11.3 Å². The molecule has 7 aromatic rings. The lowest BCUT2D eigenvalue weighted by atomic mass is 9.95. The van der Waals surface area contributed by atoms with Crippen LogP contribution in [0.4, 0.5) is 0 Å². The minimum atomic E-state index is 1.25. The van der Waals surface area contributed by atoms with E-state index in [1.54, 1.807) is 0 Å². The molecular weight excluding hydrogens is 440 g/mol. The molecule has 6 aromatic carbocycles. The Morgan fingerprint density at radius 2 is 0.886 bits per heavy atom. The predicted molar refractivity (Wildman–Crippen MR) is 153 cm³/mol. The van der Waals surface area contributed by atoms with Gasteiger partial charge in [0.05, 0.1) is 0 Å². The van der Waals surface area contributed by atoms with E-state index in [0.717, 1.165) is 0 Å². The highest BCUT2D eigenvalue weighted by molar-refractivity contribution is 7.21. The van der Waals surface area contributed by atoms with E-state index in [1.807, 2.05) is 11.3 Å². The molecule has 35 heavy (non-hydrogen) atoms. The maximum absolute atomic E-state index is 2.35. The van der Waals surface area contributed by atoms with Gasteiger partial charge in [0.1, 0.15) is 0 Å². The van der Waals surface area contributed by atoms with E-state index in [1.165, 1.54) is 64.3 Å². The van der Waals surface area contributed by atoms with Crippen molar-refractivity contribution in [1.29, 1.82) is 0 Å². The topological polar surface area (TPSA) is 0 Å². The van der Waals surface area contributed by atoms with Crippen molar-refractivity contribution in [3.8, 4) is 32.0 Å². The fraction of sp³-hybridized carbons (Fsp3) is 0. The van der Waals surface area contributed by atoms with Crippen molar-refractivity contribution < 1.29 is 0 Å². The molecule has 0 bridgehead atoms. The second kappa shape index (κ2) is 8.23. The summed E-state index contributed by atoms with van der Waals surface area (Å²) in [4.78, 5) is 2.66. The van der Waals surface area contributed by atoms with Crippen LogP contribution in [0.25, 0.3) is 64.3 Å². The van der Waals surface area contributed by atoms with E-state index < -0.39 is 0 Å². The summed E-state index contributed by atoms with van der Waals surface area (Å²) in [5.41, 5.74) is 5.11. The van der Waals surface area contributed by atoms with Crippen LogP contribution < -0.4 is 0 Å². The highest BCUT2D eigenvalue weighted by Gasteiger charge is 2.18. The molecule has 0 spiro atoms. The van der Waals surface area contributed by atoms with Gasteiger partial charge in [-0.05, 0) is 44.8 Å². The molecule has 0 saturated heterocycles. The van der Waals surface area contributed by atoms with E-state index in [2.05, 4.69) is 133 Å². The third-order valence-electron chi connectivity index (χ3n) is 6.87. The molecule has 0 saturated carbocycles. The fourth-order valence-electron chi connectivity index (χ4n) is 5.21. The molecule has 1 heterocycles. The van der Waals surface area contributed by atoms with Gasteiger partial charge in [0.15, 0.2) is 0 Å². The summed E-state index contributed by atoms with van der Waals surface area (Å²) in [6.45, 7) is 0. The zero-order chi connectivity index (χ0) is 23.2. The Kier molecular flexibility index (Phi) is 4.75. The smallest absolute Gasteiger partial charge is 0.0434 e. The second-order valence-corrected chi connectivity index (χ2v) is 9.96. The van der Waals surface area contributed by atoms with Gasteiger partial charge in [-0.3, -0.25) is 0 Å². The van der Waals surface area contributed by atoms with Gasteiger partial charge in [-0.2, -0.15) is 0 Å². The van der Waals surface area contributed by atoms with Crippen LogP contribution in [0.5, 0.6) is 0 Å². The van der Waals surface area contributed by atoms with Gasteiger partial charge >= 0.3 is 0 Å². The summed E-state index contributed by atoms with van der Waals surface area (Å²) in [5.74, 6) is 0. The number of hydrogen-bond donors (Lipinski definition) is 0. The first-order valence-electron chi connectivity index (χ1n) is 11.9. The zero-order valence-electron chi connectivity index (χ0n) is 19.1. The van der Waals surface area contributed by atoms with E-state index >= 15 is 0 Å². The average Bonchev–Trinajstić information content (AvgIpc) is 3.31. The molecule has 7 rings (SSSR count). The Morgan fingerprint density at radius 3 is 1.66 bits per heavy atom. The SMILES string of the molecule is c1ccc(-c2ccccc2-c2sc(-c3cccc4cc5ccccc5cc34)c3ccccc23)cc1. The maximum Gasteiger partial charge on any atom is 0.0434 e. The molecule has 164 valence electrons. The average molecular weight is 463 g/mol. The van der Waals surface area contributed by atoms with Gasteiger partial charge in [-0.15, -0.1) is 11.3 Å². The second-order valence-electron chi connectivity index (χ2n) is 8.94. The molecule has 1 aromatic heterocycles. The zero-order valence-corrected chi connectivity index (χ0v) is 19.9. The molecule has 0 fully saturated rings. The molecule has 1 heteroatoms. The number of hydrogen-bond acceptors (Lipinski definition) is 1. The van der Waals surface area contributed by atoms with E-state index in [0.29, 0.717) is 0 Å². The predicted octanol–water partition coefficient (Wildman–Crippen LogP) is 10.2. The molecule has 0 unspecified atom stereocenters. The lowest BCUT2D eigenvalue weighted by molar-refractivity contribution is 1.62. The summed E-state index contributed by atoms with van der Waals surface area (Å²) in [6, 6.07) is 48.4. The third kappa shape index (κ3) is 3.36. The molecule has 0 N–H and O–H groups in total. The summed E-state index contributed by atoms with van der Waals surface area (Å²) in [6.07, 6.45) is 0. The Hall–Kier alpha value is -4.20. The summed E-state index contributed by atoms with van der Waals surface area (Å²) < 4.78 is 0. The molecular formula is C34H22S. The largest absolute Gasteiger partial charge is 0.134 e. The summed E-state index contributed by atoms with van der Waals surface area (Å²) >= 11 is 1.91. The van der Waals surface area contributed by atoms with Crippen LogP contribution in [-0.2, 0) is 0 Å². The first kappa shape index (κ1) is 20.2. The van der Waals surface area contributed by atoms with E-state index in [-0.39, 0.29) is 0 Å². The van der Waals surface area contributed by atoms with Crippen LogP contribution in [-0.4, -0.2) is 0 Å². The maximum atomic E-state index is 2.35. The lowest BCUT2D eigenvalue weighted by Crippen LogP contribution is -1.82. The quantitative estimate of drug-likeness (QED) is 0.229. The highest BCUT2D eigenvalue weighted by atomic mass is 32.1. The number of rotatable bonds is 3. The highest BCUT2D eigenvalue weighted by Crippen LogP contribution is 2.48. The monoisotopic (exact) mass is 462 g/mol. The van der Waals surface area contributed by atoms with Crippen molar-refractivity contribution in [2.24, 2.45) is 0 Å². The molecule has 0 radical (unpaired) electrons. The van der Waals surface area contributed by atoms with Crippen molar-refractivity contribution in [3.05, 3.63) is 133 Å². The van der Waals surface area contributed by atoms with Crippen molar-refractivity contribution in [1.82, 2.24) is 0 Å². The minimum absolute atomic E-state index is 1.25. The van der Waals surface area contributed by atoms with Crippen LogP contribution in [0.1, 0.15) is 0 Å². The molecule has 0 atom stereocenters. The fourth-order valence-corrected chi connectivity index (χ4v) is 6.56. The lowest BCUT2D eigenvalue weighted by Gasteiger charge is -2.09. The van der Waals surface area contributed by atoms with Crippen LogP contribution in [0.2, 0.25) is 0 Å². The van der Waals surface area contributed by atoms with Gasteiger partial charge < -0.3 is 0 Å². The summed E-state index contributed by atoms with van der Waals surface area (Å²) in [5, 5.41) is 7.78. The van der Waals surface area contributed by atoms with Gasteiger partial charge in [0.25, 0.3) is 0 Å². The van der Waals surface area contributed by atoms with Crippen LogP contribution in [0.3, 0.4) is 0 Å². The molecule has 0 nitrogen and oxygen atoms in total. The Labute approximate surface area is 208 Å². The first-order valence-corrected chi connectivity index (χ1v) is 12.8. The third-order valence-corrected chi connectivity index (χ3v) is 8.16. The van der Waals surface area contributed by atoms with E-state index in [9.17, 15) is 0 Å². The molecule has 0 aliphatic rings. The van der Waals surface area contributed by atoms with Crippen molar-refractivity contribution in [2.45, 2.75) is 0 Å². The first-order chi connectivity index (χ1) is 17.4. The van der Waals surface area contributed by atoms with Crippen molar-refractivity contribution in [2.75, 3.05) is 0 Å². The standard InChI is InChI=1S/C34H22S/c1-2-11-23(12-3-1)27-16-6-7-17-28(27)33-29-18-8-9-19-30(29)34(35-33)31-20-10-15-26-21-24-13-4-5-14-25(24)22-32(26)31/h1-22H. The number of benzene rings is 6. The Morgan fingerprint density at radius 1 is 0.343 bits per heavy atom. The van der Waals surface area contributed by atoms with Gasteiger partial charge in [-0.1, -0.05) is 121 Å².